The highest BCUT2D eigenvalue weighted by atomic mass is 16.5. The van der Waals surface area contributed by atoms with Gasteiger partial charge in [0.2, 0.25) is 0 Å². The molecule has 1 saturated heterocycles. The van der Waals surface area contributed by atoms with Gasteiger partial charge in [-0.3, -0.25) is 4.98 Å². The zero-order valence-electron chi connectivity index (χ0n) is 11.4. The molecule has 2 heterocycles. The van der Waals surface area contributed by atoms with Crippen LogP contribution in [0.2, 0.25) is 0 Å². The van der Waals surface area contributed by atoms with E-state index >= 15 is 0 Å². The second kappa shape index (κ2) is 6.59. The van der Waals surface area contributed by atoms with Crippen LogP contribution in [0, 0.1) is 0 Å². The number of aromatic nitrogens is 1. The minimum atomic E-state index is 0.690. The highest BCUT2D eigenvalue weighted by molar-refractivity contribution is 5.44. The molecule has 0 radical (unpaired) electrons. The van der Waals surface area contributed by atoms with Crippen molar-refractivity contribution < 1.29 is 4.74 Å². The Balaban J connectivity index is 1.77. The predicted octanol–water partition coefficient (Wildman–Crippen LogP) is 2.38. The molecule has 1 aliphatic rings. The minimum Gasteiger partial charge on any atom is -0.492 e. The summed E-state index contributed by atoms with van der Waals surface area (Å²) in [4.78, 5) is 6.60. The standard InChI is InChI=1S/C14H23N3O/c1-3-16-12-9-14(11-15-10-12)18-8-6-13-5-4-7-17(13)2/h9-11,13,16H,3-8H2,1-2H3. The van der Waals surface area contributed by atoms with Gasteiger partial charge in [-0.15, -0.1) is 0 Å². The molecule has 1 atom stereocenters. The molecule has 4 heteroatoms. The lowest BCUT2D eigenvalue weighted by atomic mass is 10.1. The Kier molecular flexibility index (Phi) is 4.81. The van der Waals surface area contributed by atoms with Crippen molar-refractivity contribution in [3.8, 4) is 5.75 Å². The van der Waals surface area contributed by atoms with Crippen molar-refractivity contribution >= 4 is 5.69 Å². The van der Waals surface area contributed by atoms with E-state index in [0.717, 1.165) is 31.0 Å². The molecule has 100 valence electrons. The topological polar surface area (TPSA) is 37.4 Å². The van der Waals surface area contributed by atoms with E-state index < -0.39 is 0 Å². The number of nitrogens with zero attached hydrogens (tertiary/aromatic N) is 2. The molecule has 0 amide bonds. The molecule has 1 unspecified atom stereocenters. The highest BCUT2D eigenvalue weighted by Gasteiger charge is 2.20. The van der Waals surface area contributed by atoms with Crippen molar-refractivity contribution in [2.75, 3.05) is 32.1 Å². The number of hydrogen-bond acceptors (Lipinski definition) is 4. The molecule has 1 aliphatic heterocycles. The zero-order chi connectivity index (χ0) is 12.8. The normalized spacial score (nSPS) is 20.0. The fourth-order valence-electron chi connectivity index (χ4n) is 2.46. The molecule has 0 spiro atoms. The summed E-state index contributed by atoms with van der Waals surface area (Å²) in [6.45, 7) is 4.97. The third kappa shape index (κ3) is 3.60. The first-order valence-corrected chi connectivity index (χ1v) is 6.81. The van der Waals surface area contributed by atoms with Gasteiger partial charge in [0, 0.05) is 18.7 Å². The van der Waals surface area contributed by atoms with Crippen LogP contribution in [0.3, 0.4) is 0 Å². The first-order chi connectivity index (χ1) is 8.79. The number of pyridine rings is 1. The van der Waals surface area contributed by atoms with E-state index in [1.165, 1.54) is 19.4 Å². The number of nitrogens with one attached hydrogen (secondary N) is 1. The summed E-state index contributed by atoms with van der Waals surface area (Å²) in [5.41, 5.74) is 1.02. The van der Waals surface area contributed by atoms with Crippen molar-refractivity contribution in [1.29, 1.82) is 0 Å². The summed E-state index contributed by atoms with van der Waals surface area (Å²) in [6.07, 6.45) is 7.32. The summed E-state index contributed by atoms with van der Waals surface area (Å²) >= 11 is 0. The van der Waals surface area contributed by atoms with Crippen molar-refractivity contribution in [2.24, 2.45) is 0 Å². The molecule has 0 saturated carbocycles. The Morgan fingerprint density at radius 3 is 3.11 bits per heavy atom. The van der Waals surface area contributed by atoms with Crippen LogP contribution in [0.25, 0.3) is 0 Å². The lowest BCUT2D eigenvalue weighted by Gasteiger charge is -2.19. The Morgan fingerprint density at radius 1 is 1.50 bits per heavy atom. The van der Waals surface area contributed by atoms with E-state index in [-0.39, 0.29) is 0 Å². The summed E-state index contributed by atoms with van der Waals surface area (Å²) in [7, 11) is 2.20. The van der Waals surface area contributed by atoms with Crippen LogP contribution in [0.4, 0.5) is 5.69 Å². The molecule has 18 heavy (non-hydrogen) atoms. The molecule has 0 aliphatic carbocycles. The van der Waals surface area contributed by atoms with Gasteiger partial charge in [0.05, 0.1) is 24.7 Å². The third-order valence-corrected chi connectivity index (χ3v) is 3.49. The molecular formula is C14H23N3O. The molecule has 1 aromatic rings. The monoisotopic (exact) mass is 249 g/mol. The zero-order valence-corrected chi connectivity index (χ0v) is 11.4. The number of likely N-dealkylation sites (tertiary alicyclic amines) is 1. The van der Waals surface area contributed by atoms with Gasteiger partial charge in [-0.25, -0.2) is 0 Å². The molecule has 4 nitrogen and oxygen atoms in total. The average molecular weight is 249 g/mol. The van der Waals surface area contributed by atoms with Crippen LogP contribution < -0.4 is 10.1 Å². The number of anilines is 1. The maximum Gasteiger partial charge on any atom is 0.139 e. The van der Waals surface area contributed by atoms with Crippen LogP contribution in [0.1, 0.15) is 26.2 Å². The number of hydrogen-bond donors (Lipinski definition) is 1. The predicted molar refractivity (Wildman–Crippen MR) is 74.2 cm³/mol. The number of ether oxygens (including phenoxy) is 1. The maximum absolute atomic E-state index is 5.77. The summed E-state index contributed by atoms with van der Waals surface area (Å²) in [5, 5.41) is 3.24. The van der Waals surface area contributed by atoms with Crippen LogP contribution >= 0.6 is 0 Å². The van der Waals surface area contributed by atoms with Crippen LogP contribution in [-0.2, 0) is 0 Å². The van der Waals surface area contributed by atoms with E-state index in [4.69, 9.17) is 4.74 Å². The Hall–Kier alpha value is -1.29. The van der Waals surface area contributed by atoms with E-state index in [1.54, 1.807) is 6.20 Å². The van der Waals surface area contributed by atoms with Crippen molar-refractivity contribution in [3.63, 3.8) is 0 Å². The summed E-state index contributed by atoms with van der Waals surface area (Å²) in [5.74, 6) is 0.856. The van der Waals surface area contributed by atoms with E-state index in [9.17, 15) is 0 Å². The van der Waals surface area contributed by atoms with Gasteiger partial charge >= 0.3 is 0 Å². The van der Waals surface area contributed by atoms with Gasteiger partial charge < -0.3 is 15.0 Å². The molecule has 1 fully saturated rings. The largest absolute Gasteiger partial charge is 0.492 e. The Morgan fingerprint density at radius 2 is 2.39 bits per heavy atom. The molecule has 0 bridgehead atoms. The quantitative estimate of drug-likeness (QED) is 0.840. The minimum absolute atomic E-state index is 0.690. The van der Waals surface area contributed by atoms with Gasteiger partial charge in [-0.2, -0.15) is 0 Å². The average Bonchev–Trinajstić information content (AvgIpc) is 2.76. The molecule has 0 aromatic carbocycles. The molecular weight excluding hydrogens is 226 g/mol. The smallest absolute Gasteiger partial charge is 0.139 e. The van der Waals surface area contributed by atoms with Gasteiger partial charge in [0.1, 0.15) is 5.75 Å². The van der Waals surface area contributed by atoms with Gasteiger partial charge in [0.15, 0.2) is 0 Å². The highest BCUT2D eigenvalue weighted by Crippen LogP contribution is 2.19. The SMILES string of the molecule is CCNc1cncc(OCCC2CCCN2C)c1. The fourth-order valence-corrected chi connectivity index (χ4v) is 2.46. The Bertz CT molecular complexity index is 370. The van der Waals surface area contributed by atoms with Crippen molar-refractivity contribution in [2.45, 2.75) is 32.2 Å². The van der Waals surface area contributed by atoms with Crippen LogP contribution in [0.5, 0.6) is 5.75 Å². The van der Waals surface area contributed by atoms with Crippen molar-refractivity contribution in [3.05, 3.63) is 18.5 Å². The fraction of sp³-hybridized carbons (Fsp3) is 0.643. The van der Waals surface area contributed by atoms with E-state index in [0.29, 0.717) is 6.04 Å². The molecule has 1 aromatic heterocycles. The lowest BCUT2D eigenvalue weighted by Crippen LogP contribution is -2.26. The first kappa shape index (κ1) is 13.1. The maximum atomic E-state index is 5.77. The van der Waals surface area contributed by atoms with Crippen LogP contribution in [-0.4, -0.2) is 42.7 Å². The van der Waals surface area contributed by atoms with Crippen LogP contribution in [0.15, 0.2) is 18.5 Å². The molecule has 2 rings (SSSR count). The third-order valence-electron chi connectivity index (χ3n) is 3.49. The van der Waals surface area contributed by atoms with Gasteiger partial charge in [-0.05, 0) is 39.8 Å². The second-order valence-electron chi connectivity index (χ2n) is 4.85. The number of rotatable bonds is 6. The summed E-state index contributed by atoms with van der Waals surface area (Å²) in [6, 6.07) is 2.70. The van der Waals surface area contributed by atoms with E-state index in [1.807, 2.05) is 12.3 Å². The first-order valence-electron chi connectivity index (χ1n) is 6.81. The van der Waals surface area contributed by atoms with Gasteiger partial charge in [-0.1, -0.05) is 0 Å². The van der Waals surface area contributed by atoms with Crippen molar-refractivity contribution in [1.82, 2.24) is 9.88 Å². The van der Waals surface area contributed by atoms with E-state index in [2.05, 4.69) is 29.2 Å². The second-order valence-corrected chi connectivity index (χ2v) is 4.85. The summed E-state index contributed by atoms with van der Waals surface area (Å²) < 4.78 is 5.77. The Labute approximate surface area is 109 Å². The lowest BCUT2D eigenvalue weighted by molar-refractivity contribution is 0.233. The van der Waals surface area contributed by atoms with Gasteiger partial charge in [0.25, 0.3) is 0 Å². The molecule has 1 N–H and O–H groups in total.